The minimum Gasteiger partial charge on any atom is -0.456 e. The van der Waals surface area contributed by atoms with Crippen molar-refractivity contribution in [2.24, 2.45) is 0 Å². The Labute approximate surface area is 163 Å². The van der Waals surface area contributed by atoms with Gasteiger partial charge in [0.1, 0.15) is 11.3 Å². The molecule has 0 saturated heterocycles. The van der Waals surface area contributed by atoms with Crippen LogP contribution in [0.4, 0.5) is 0 Å². The minimum atomic E-state index is 0.892. The van der Waals surface area contributed by atoms with E-state index in [1.807, 2.05) is 48.8 Å². The van der Waals surface area contributed by atoms with Crippen LogP contribution < -0.4 is 0 Å². The van der Waals surface area contributed by atoms with E-state index in [2.05, 4.69) is 53.3 Å². The number of fused-ring (bicyclic) bond motifs is 1. The van der Waals surface area contributed by atoms with E-state index < -0.39 is 0 Å². The van der Waals surface area contributed by atoms with Gasteiger partial charge in [0.05, 0.1) is 5.69 Å². The lowest BCUT2D eigenvalue weighted by atomic mass is 10.0. The second-order valence-corrected chi connectivity index (χ2v) is 6.80. The van der Waals surface area contributed by atoms with Gasteiger partial charge in [-0.2, -0.15) is 0 Å². The topological polar surface area (TPSA) is 38.9 Å². The molecule has 3 heteroatoms. The zero-order valence-corrected chi connectivity index (χ0v) is 15.5. The van der Waals surface area contributed by atoms with Crippen molar-refractivity contribution >= 4 is 11.0 Å². The first-order valence-corrected chi connectivity index (χ1v) is 9.25. The van der Waals surface area contributed by atoms with E-state index in [1.165, 1.54) is 0 Å². The quantitative estimate of drug-likeness (QED) is 0.366. The van der Waals surface area contributed by atoms with Crippen molar-refractivity contribution in [3.63, 3.8) is 0 Å². The van der Waals surface area contributed by atoms with Gasteiger partial charge in [-0.15, -0.1) is 0 Å². The van der Waals surface area contributed by atoms with Gasteiger partial charge in [0.2, 0.25) is 0 Å². The summed E-state index contributed by atoms with van der Waals surface area (Å²) in [6, 6.07) is 24.6. The Morgan fingerprint density at radius 3 is 2.43 bits per heavy atom. The molecule has 3 nitrogen and oxygen atoms in total. The first-order valence-electron chi connectivity index (χ1n) is 9.25. The maximum absolute atomic E-state index is 6.23. The van der Waals surface area contributed by atoms with Crippen LogP contribution in [-0.4, -0.2) is 9.97 Å². The summed E-state index contributed by atoms with van der Waals surface area (Å²) < 4.78 is 6.23. The van der Waals surface area contributed by atoms with Crippen LogP contribution in [0.2, 0.25) is 0 Å². The minimum absolute atomic E-state index is 0.892. The molecule has 2 aromatic carbocycles. The van der Waals surface area contributed by atoms with Gasteiger partial charge in [0, 0.05) is 46.2 Å². The van der Waals surface area contributed by atoms with Gasteiger partial charge in [-0.25, -0.2) is 0 Å². The Morgan fingerprint density at radius 2 is 1.61 bits per heavy atom. The molecule has 0 radical (unpaired) electrons. The average Bonchev–Trinajstić information content (AvgIpc) is 3.11. The summed E-state index contributed by atoms with van der Waals surface area (Å²) in [5.74, 6) is 0.899. The summed E-state index contributed by atoms with van der Waals surface area (Å²) in [4.78, 5) is 8.68. The van der Waals surface area contributed by atoms with Gasteiger partial charge in [0.25, 0.3) is 0 Å². The fraction of sp³-hybridized carbons (Fsp3) is 0.0400. The number of rotatable bonds is 3. The molecule has 5 aromatic rings. The number of pyridine rings is 2. The number of nitrogens with zero attached hydrogens (tertiary/aromatic N) is 2. The number of aryl methyl sites for hydroxylation is 1. The van der Waals surface area contributed by atoms with Crippen LogP contribution in [0.15, 0.2) is 95.8 Å². The molecule has 3 heterocycles. The molecule has 0 spiro atoms. The van der Waals surface area contributed by atoms with Crippen LogP contribution in [0, 0.1) is 6.92 Å². The third-order valence-electron chi connectivity index (χ3n) is 5.02. The zero-order chi connectivity index (χ0) is 18.9. The van der Waals surface area contributed by atoms with Crippen molar-refractivity contribution in [3.05, 3.63) is 97.0 Å². The second kappa shape index (κ2) is 6.78. The molecule has 0 aliphatic carbocycles. The summed E-state index contributed by atoms with van der Waals surface area (Å²) in [5, 5.41) is 1.12. The molecule has 0 aliphatic heterocycles. The summed E-state index contributed by atoms with van der Waals surface area (Å²) in [7, 11) is 0. The van der Waals surface area contributed by atoms with E-state index in [-0.39, 0.29) is 0 Å². The molecule has 0 N–H and O–H groups in total. The first-order chi connectivity index (χ1) is 13.8. The van der Waals surface area contributed by atoms with Gasteiger partial charge in [-0.3, -0.25) is 9.97 Å². The molecule has 0 bridgehead atoms. The molecule has 0 saturated carbocycles. The molecule has 0 amide bonds. The number of furan rings is 1. The SMILES string of the molecule is Cc1c(-c2cccc(-c3ccccn3)c2)oc2ccc(-c3cccnc3)cc12. The number of hydrogen-bond acceptors (Lipinski definition) is 3. The molecule has 0 aliphatic rings. The predicted molar refractivity (Wildman–Crippen MR) is 113 cm³/mol. The average molecular weight is 362 g/mol. The fourth-order valence-corrected chi connectivity index (χ4v) is 3.56. The summed E-state index contributed by atoms with van der Waals surface area (Å²) >= 11 is 0. The Kier molecular flexibility index (Phi) is 3.99. The van der Waals surface area contributed by atoms with E-state index in [0.717, 1.165) is 50.2 Å². The lowest BCUT2D eigenvalue weighted by Crippen LogP contribution is -1.84. The number of aromatic nitrogens is 2. The molecule has 0 fully saturated rings. The highest BCUT2D eigenvalue weighted by atomic mass is 16.3. The van der Waals surface area contributed by atoms with Crippen molar-refractivity contribution in [1.82, 2.24) is 9.97 Å². The Hall–Kier alpha value is -3.72. The van der Waals surface area contributed by atoms with Crippen LogP contribution in [0.3, 0.4) is 0 Å². The van der Waals surface area contributed by atoms with Crippen LogP contribution in [0.1, 0.15) is 5.56 Å². The molecule has 28 heavy (non-hydrogen) atoms. The molecular formula is C25H18N2O. The Morgan fingerprint density at radius 1 is 0.714 bits per heavy atom. The van der Waals surface area contributed by atoms with Crippen molar-refractivity contribution in [1.29, 1.82) is 0 Å². The third-order valence-corrected chi connectivity index (χ3v) is 5.02. The van der Waals surface area contributed by atoms with Crippen LogP contribution >= 0.6 is 0 Å². The van der Waals surface area contributed by atoms with E-state index in [0.29, 0.717) is 0 Å². The van der Waals surface area contributed by atoms with Gasteiger partial charge >= 0.3 is 0 Å². The molecule has 0 unspecified atom stereocenters. The predicted octanol–water partition coefficient (Wildman–Crippen LogP) is 6.53. The number of hydrogen-bond donors (Lipinski definition) is 0. The second-order valence-electron chi connectivity index (χ2n) is 6.80. The largest absolute Gasteiger partial charge is 0.456 e. The van der Waals surface area contributed by atoms with Crippen molar-refractivity contribution in [2.75, 3.05) is 0 Å². The van der Waals surface area contributed by atoms with Crippen LogP contribution in [0.5, 0.6) is 0 Å². The summed E-state index contributed by atoms with van der Waals surface area (Å²) in [6.45, 7) is 2.11. The third kappa shape index (κ3) is 2.87. The molecule has 134 valence electrons. The van der Waals surface area contributed by atoms with Gasteiger partial charge in [-0.1, -0.05) is 36.4 Å². The lowest BCUT2D eigenvalue weighted by Gasteiger charge is -2.04. The van der Waals surface area contributed by atoms with E-state index in [9.17, 15) is 0 Å². The van der Waals surface area contributed by atoms with Gasteiger partial charge < -0.3 is 4.42 Å². The molecule has 5 rings (SSSR count). The maximum atomic E-state index is 6.23. The smallest absolute Gasteiger partial charge is 0.138 e. The number of benzene rings is 2. The lowest BCUT2D eigenvalue weighted by molar-refractivity contribution is 0.629. The van der Waals surface area contributed by atoms with Gasteiger partial charge in [-0.05, 0) is 48.9 Å². The standard InChI is InChI=1S/C25H18N2O/c1-17-22-15-18(21-8-5-12-26-16-21)10-11-24(22)28-25(17)20-7-4-6-19(14-20)23-9-2-3-13-27-23/h2-16H,1H3. The fourth-order valence-electron chi connectivity index (χ4n) is 3.56. The van der Waals surface area contributed by atoms with Crippen LogP contribution in [0.25, 0.3) is 44.7 Å². The highest BCUT2D eigenvalue weighted by molar-refractivity contribution is 5.91. The Balaban J connectivity index is 1.61. The highest BCUT2D eigenvalue weighted by Crippen LogP contribution is 2.36. The van der Waals surface area contributed by atoms with Crippen molar-refractivity contribution < 1.29 is 4.42 Å². The van der Waals surface area contributed by atoms with Gasteiger partial charge in [0.15, 0.2) is 0 Å². The van der Waals surface area contributed by atoms with Crippen molar-refractivity contribution in [2.45, 2.75) is 6.92 Å². The summed E-state index contributed by atoms with van der Waals surface area (Å²) in [5.41, 5.74) is 7.36. The first kappa shape index (κ1) is 16.5. The van der Waals surface area contributed by atoms with E-state index in [1.54, 1.807) is 6.20 Å². The maximum Gasteiger partial charge on any atom is 0.138 e. The van der Waals surface area contributed by atoms with Crippen LogP contribution in [-0.2, 0) is 0 Å². The van der Waals surface area contributed by atoms with E-state index in [4.69, 9.17) is 4.42 Å². The molecule has 3 aromatic heterocycles. The zero-order valence-electron chi connectivity index (χ0n) is 15.5. The molecule has 0 atom stereocenters. The highest BCUT2D eigenvalue weighted by Gasteiger charge is 2.14. The Bertz CT molecular complexity index is 1260. The summed E-state index contributed by atoms with van der Waals surface area (Å²) in [6.07, 6.45) is 5.49. The normalized spacial score (nSPS) is 11.0. The molecular weight excluding hydrogens is 344 g/mol. The van der Waals surface area contributed by atoms with E-state index >= 15 is 0 Å². The van der Waals surface area contributed by atoms with Crippen molar-refractivity contribution in [3.8, 4) is 33.7 Å². The monoisotopic (exact) mass is 362 g/mol.